The number of aryl methyl sites for hydroxylation is 1. The first-order valence-corrected chi connectivity index (χ1v) is 7.58. The summed E-state index contributed by atoms with van der Waals surface area (Å²) in [5, 5.41) is 3.87. The molecule has 0 aromatic carbocycles. The van der Waals surface area contributed by atoms with Crippen LogP contribution in [-0.4, -0.2) is 15.9 Å². The van der Waals surface area contributed by atoms with Gasteiger partial charge in [0.1, 0.15) is 9.61 Å². The summed E-state index contributed by atoms with van der Waals surface area (Å²) in [5.74, 6) is -0.121. The van der Waals surface area contributed by atoms with E-state index in [1.165, 1.54) is 4.88 Å². The van der Waals surface area contributed by atoms with Gasteiger partial charge in [0.05, 0.1) is 6.04 Å². The molecule has 0 spiro atoms. The van der Waals surface area contributed by atoms with Crippen LogP contribution in [0.25, 0.3) is 0 Å². The molecule has 2 heterocycles. The molecular formula is C13H14BrN3OS. The number of hydrogen-bond donors (Lipinski definition) is 1. The third kappa shape index (κ3) is 3.61. The highest BCUT2D eigenvalue weighted by molar-refractivity contribution is 9.10. The lowest BCUT2D eigenvalue weighted by Gasteiger charge is -2.11. The molecule has 2 aromatic rings. The molecule has 2 aromatic heterocycles. The van der Waals surface area contributed by atoms with Gasteiger partial charge < -0.3 is 5.32 Å². The maximum atomic E-state index is 12.1. The Kier molecular flexibility index (Phi) is 4.66. The first kappa shape index (κ1) is 14.1. The van der Waals surface area contributed by atoms with Gasteiger partial charge in [-0.3, -0.25) is 4.79 Å². The third-order valence-corrected chi connectivity index (χ3v) is 4.38. The Labute approximate surface area is 124 Å². The van der Waals surface area contributed by atoms with Crippen molar-refractivity contribution < 1.29 is 4.79 Å². The van der Waals surface area contributed by atoms with E-state index in [2.05, 4.69) is 38.1 Å². The summed E-state index contributed by atoms with van der Waals surface area (Å²) in [5.41, 5.74) is 0.584. The summed E-state index contributed by atoms with van der Waals surface area (Å²) in [6.07, 6.45) is 4.43. The topological polar surface area (TPSA) is 54.9 Å². The average molecular weight is 340 g/mol. The van der Waals surface area contributed by atoms with E-state index in [1.54, 1.807) is 29.7 Å². The molecule has 1 amide bonds. The summed E-state index contributed by atoms with van der Waals surface area (Å²) in [6, 6.07) is 3.29. The molecule has 0 aliphatic carbocycles. The predicted octanol–water partition coefficient (Wildman–Crippen LogP) is 3.35. The number of amides is 1. The minimum Gasteiger partial charge on any atom is -0.343 e. The second kappa shape index (κ2) is 6.25. The average Bonchev–Trinajstić information content (AvgIpc) is 2.87. The van der Waals surface area contributed by atoms with Gasteiger partial charge in [0.15, 0.2) is 0 Å². The molecule has 0 saturated carbocycles. The van der Waals surface area contributed by atoms with E-state index in [0.717, 1.165) is 11.4 Å². The predicted molar refractivity (Wildman–Crippen MR) is 79.3 cm³/mol. The fourth-order valence-corrected chi connectivity index (χ4v) is 2.80. The molecular weight excluding hydrogens is 326 g/mol. The van der Waals surface area contributed by atoms with Gasteiger partial charge in [-0.15, -0.1) is 11.3 Å². The van der Waals surface area contributed by atoms with Crippen molar-refractivity contribution >= 4 is 33.2 Å². The monoisotopic (exact) mass is 339 g/mol. The van der Waals surface area contributed by atoms with E-state index < -0.39 is 0 Å². The highest BCUT2D eigenvalue weighted by atomic mass is 79.9. The van der Waals surface area contributed by atoms with Crippen LogP contribution in [0.4, 0.5) is 0 Å². The number of carbonyl (C=O) groups is 1. The Balaban J connectivity index is 2.06. The SMILES string of the molecule is CCc1cnc(C(C)NC(=O)c2ccnc(Br)c2)s1. The van der Waals surface area contributed by atoms with Crippen LogP contribution in [0.5, 0.6) is 0 Å². The second-order valence-corrected chi connectivity index (χ2v) is 6.04. The van der Waals surface area contributed by atoms with Crippen molar-refractivity contribution in [3.8, 4) is 0 Å². The van der Waals surface area contributed by atoms with E-state index in [1.807, 2.05) is 13.1 Å². The van der Waals surface area contributed by atoms with Crippen LogP contribution in [-0.2, 0) is 6.42 Å². The van der Waals surface area contributed by atoms with Crippen molar-refractivity contribution in [3.05, 3.63) is 44.6 Å². The van der Waals surface area contributed by atoms with Gasteiger partial charge in [0.2, 0.25) is 0 Å². The molecule has 0 aliphatic heterocycles. The Morgan fingerprint density at radius 3 is 2.95 bits per heavy atom. The molecule has 0 saturated heterocycles. The number of thiazole rings is 1. The number of pyridine rings is 1. The van der Waals surface area contributed by atoms with E-state index >= 15 is 0 Å². The van der Waals surface area contributed by atoms with E-state index in [0.29, 0.717) is 10.2 Å². The normalized spacial score (nSPS) is 12.2. The number of nitrogens with zero attached hydrogens (tertiary/aromatic N) is 2. The van der Waals surface area contributed by atoms with Gasteiger partial charge in [-0.25, -0.2) is 9.97 Å². The number of hydrogen-bond acceptors (Lipinski definition) is 4. The molecule has 1 unspecified atom stereocenters. The van der Waals surface area contributed by atoms with E-state index in [-0.39, 0.29) is 11.9 Å². The molecule has 4 nitrogen and oxygen atoms in total. The highest BCUT2D eigenvalue weighted by Gasteiger charge is 2.14. The molecule has 0 radical (unpaired) electrons. The summed E-state index contributed by atoms with van der Waals surface area (Å²) >= 11 is 4.89. The van der Waals surface area contributed by atoms with Gasteiger partial charge in [-0.05, 0) is 41.4 Å². The highest BCUT2D eigenvalue weighted by Crippen LogP contribution is 2.20. The number of aromatic nitrogens is 2. The van der Waals surface area contributed by atoms with Gasteiger partial charge >= 0.3 is 0 Å². The molecule has 0 aliphatic rings. The largest absolute Gasteiger partial charge is 0.343 e. The zero-order chi connectivity index (χ0) is 13.8. The van der Waals surface area contributed by atoms with Crippen LogP contribution in [0, 0.1) is 0 Å². The van der Waals surface area contributed by atoms with Crippen molar-refractivity contribution in [3.63, 3.8) is 0 Å². The molecule has 1 N–H and O–H groups in total. The van der Waals surface area contributed by atoms with Crippen molar-refractivity contribution in [1.29, 1.82) is 0 Å². The Morgan fingerprint density at radius 2 is 2.32 bits per heavy atom. The quantitative estimate of drug-likeness (QED) is 0.869. The van der Waals surface area contributed by atoms with Crippen molar-refractivity contribution in [1.82, 2.24) is 15.3 Å². The number of rotatable bonds is 4. The first-order valence-electron chi connectivity index (χ1n) is 5.97. The summed E-state index contributed by atoms with van der Waals surface area (Å²) < 4.78 is 0.648. The van der Waals surface area contributed by atoms with E-state index in [4.69, 9.17) is 0 Å². The molecule has 6 heteroatoms. The van der Waals surface area contributed by atoms with Crippen LogP contribution >= 0.6 is 27.3 Å². The Bertz CT molecular complexity index is 585. The second-order valence-electron chi connectivity index (χ2n) is 4.08. The maximum Gasteiger partial charge on any atom is 0.251 e. The number of halogens is 1. The fraction of sp³-hybridized carbons (Fsp3) is 0.308. The Hall–Kier alpha value is -1.27. The fourth-order valence-electron chi connectivity index (χ4n) is 1.57. The maximum absolute atomic E-state index is 12.1. The standard InChI is InChI=1S/C13H14BrN3OS/c1-3-10-7-16-13(19-10)8(2)17-12(18)9-4-5-15-11(14)6-9/h4-8H,3H2,1-2H3,(H,17,18). The molecule has 0 fully saturated rings. The van der Waals surface area contributed by atoms with Gasteiger partial charge in [-0.2, -0.15) is 0 Å². The van der Waals surface area contributed by atoms with Crippen molar-refractivity contribution in [2.24, 2.45) is 0 Å². The molecule has 19 heavy (non-hydrogen) atoms. The van der Waals surface area contributed by atoms with Gasteiger partial charge in [-0.1, -0.05) is 6.92 Å². The van der Waals surface area contributed by atoms with Crippen LogP contribution in [0.1, 0.15) is 40.1 Å². The van der Waals surface area contributed by atoms with Crippen molar-refractivity contribution in [2.75, 3.05) is 0 Å². The smallest absolute Gasteiger partial charge is 0.251 e. The molecule has 1 atom stereocenters. The zero-order valence-electron chi connectivity index (χ0n) is 10.7. The zero-order valence-corrected chi connectivity index (χ0v) is 13.1. The molecule has 2 rings (SSSR count). The lowest BCUT2D eigenvalue weighted by atomic mass is 10.2. The molecule has 100 valence electrons. The first-order chi connectivity index (χ1) is 9.10. The van der Waals surface area contributed by atoms with Crippen LogP contribution in [0.3, 0.4) is 0 Å². The summed E-state index contributed by atoms with van der Waals surface area (Å²) in [6.45, 7) is 4.03. The number of carbonyl (C=O) groups excluding carboxylic acids is 1. The minimum atomic E-state index is -0.121. The number of nitrogens with one attached hydrogen (secondary N) is 1. The summed E-state index contributed by atoms with van der Waals surface area (Å²) in [7, 11) is 0. The Morgan fingerprint density at radius 1 is 1.53 bits per heavy atom. The van der Waals surface area contributed by atoms with Gasteiger partial charge in [0, 0.05) is 22.8 Å². The van der Waals surface area contributed by atoms with Crippen LogP contribution in [0.15, 0.2) is 29.1 Å². The van der Waals surface area contributed by atoms with Crippen LogP contribution < -0.4 is 5.32 Å². The van der Waals surface area contributed by atoms with Crippen molar-refractivity contribution in [2.45, 2.75) is 26.3 Å². The third-order valence-electron chi connectivity index (χ3n) is 2.63. The van der Waals surface area contributed by atoms with E-state index in [9.17, 15) is 4.79 Å². The lowest BCUT2D eigenvalue weighted by Crippen LogP contribution is -2.26. The van der Waals surface area contributed by atoms with Gasteiger partial charge in [0.25, 0.3) is 5.91 Å². The lowest BCUT2D eigenvalue weighted by molar-refractivity contribution is 0.0939. The minimum absolute atomic E-state index is 0.0928. The van der Waals surface area contributed by atoms with Crippen LogP contribution in [0.2, 0.25) is 0 Å². The summed E-state index contributed by atoms with van der Waals surface area (Å²) in [4.78, 5) is 21.6. The molecule has 0 bridgehead atoms.